The summed E-state index contributed by atoms with van der Waals surface area (Å²) in [4.78, 5) is 21.5. The summed E-state index contributed by atoms with van der Waals surface area (Å²) in [6.07, 6.45) is 0.0260. The minimum Gasteiger partial charge on any atom is -0.444 e. The van der Waals surface area contributed by atoms with Gasteiger partial charge in [-0.1, -0.05) is 12.1 Å². The highest BCUT2D eigenvalue weighted by molar-refractivity contribution is 7.89. The number of aliphatic hydroxyl groups excluding tert-OH is 1. The van der Waals surface area contributed by atoms with Gasteiger partial charge in [-0.15, -0.1) is 0 Å². The van der Waals surface area contributed by atoms with E-state index in [-0.39, 0.29) is 13.0 Å². The molecule has 0 fully saturated rings. The van der Waals surface area contributed by atoms with Gasteiger partial charge in [0.05, 0.1) is 11.5 Å². The maximum Gasteiger partial charge on any atom is 0.407 e. The Morgan fingerprint density at radius 1 is 1.36 bits per heavy atom. The molecule has 0 spiro atoms. The predicted molar refractivity (Wildman–Crippen MR) is 102 cm³/mol. The lowest BCUT2D eigenvalue weighted by Gasteiger charge is -2.26. The fourth-order valence-electron chi connectivity index (χ4n) is 2.41. The third-order valence-corrected chi connectivity index (χ3v) is 5.78. The number of carbonyl (C=O) groups excluding carboxylic acids is 1. The summed E-state index contributed by atoms with van der Waals surface area (Å²) in [6.45, 7) is 4.96. The molecule has 0 bridgehead atoms. The van der Waals surface area contributed by atoms with Crippen molar-refractivity contribution in [3.8, 4) is 0 Å². The van der Waals surface area contributed by atoms with Crippen LogP contribution in [0.4, 0.5) is 10.5 Å². The van der Waals surface area contributed by atoms with Gasteiger partial charge in [0.15, 0.2) is 4.90 Å². The minimum atomic E-state index is -4.18. The summed E-state index contributed by atoms with van der Waals surface area (Å²) in [6, 6.07) is 4.24. The number of hydrogen-bond donors (Lipinski definition) is 2. The zero-order chi connectivity index (χ0) is 21.5. The smallest absolute Gasteiger partial charge is 0.407 e. The van der Waals surface area contributed by atoms with Crippen LogP contribution < -0.4 is 5.32 Å². The molecule has 1 aromatic carbocycles. The molecule has 158 valence electrons. The van der Waals surface area contributed by atoms with E-state index in [0.29, 0.717) is 6.42 Å². The van der Waals surface area contributed by atoms with Crippen molar-refractivity contribution in [2.45, 2.75) is 50.2 Å². The van der Waals surface area contributed by atoms with Crippen molar-refractivity contribution in [3.05, 3.63) is 34.4 Å². The number of aliphatic hydroxyl groups is 1. The Labute approximate surface area is 164 Å². The van der Waals surface area contributed by atoms with Crippen molar-refractivity contribution in [2.75, 3.05) is 20.2 Å². The molecule has 0 radical (unpaired) electrons. The Morgan fingerprint density at radius 3 is 2.50 bits per heavy atom. The summed E-state index contributed by atoms with van der Waals surface area (Å²) in [5.41, 5.74) is -1.16. The number of nitro benzene ring substituents is 1. The normalized spacial score (nSPS) is 13.2. The monoisotopic (exact) mass is 417 g/mol. The lowest BCUT2D eigenvalue weighted by Crippen LogP contribution is -2.40. The number of rotatable bonds is 9. The first-order valence-electron chi connectivity index (χ1n) is 8.69. The van der Waals surface area contributed by atoms with Crippen LogP contribution in [-0.2, 0) is 14.8 Å². The van der Waals surface area contributed by atoms with Crippen LogP contribution >= 0.6 is 0 Å². The van der Waals surface area contributed by atoms with Gasteiger partial charge in [-0.25, -0.2) is 13.2 Å². The number of nitrogens with one attached hydrogen (secondary N) is 1. The van der Waals surface area contributed by atoms with Crippen LogP contribution in [0.15, 0.2) is 29.2 Å². The second-order valence-electron chi connectivity index (χ2n) is 7.15. The van der Waals surface area contributed by atoms with E-state index in [1.54, 1.807) is 20.8 Å². The van der Waals surface area contributed by atoms with Crippen LogP contribution in [0.5, 0.6) is 0 Å². The van der Waals surface area contributed by atoms with Gasteiger partial charge in [0.2, 0.25) is 10.0 Å². The number of benzene rings is 1. The van der Waals surface area contributed by atoms with E-state index in [1.165, 1.54) is 19.2 Å². The SMILES string of the molecule is CN([C@H](CO)CCCNC(=O)OC(C)(C)C)S(=O)(=O)c1ccccc1[N+](=O)[O-]. The summed E-state index contributed by atoms with van der Waals surface area (Å²) in [5, 5.41) is 23.3. The molecule has 0 aliphatic carbocycles. The number of sulfonamides is 1. The lowest BCUT2D eigenvalue weighted by atomic mass is 10.1. The van der Waals surface area contributed by atoms with Gasteiger partial charge in [-0.05, 0) is 39.7 Å². The summed E-state index contributed by atoms with van der Waals surface area (Å²) in [5.74, 6) is 0. The Balaban J connectivity index is 2.76. The van der Waals surface area contributed by atoms with E-state index in [4.69, 9.17) is 4.74 Å². The van der Waals surface area contributed by atoms with Gasteiger partial charge in [-0.3, -0.25) is 10.1 Å². The van der Waals surface area contributed by atoms with Crippen LogP contribution in [0, 0.1) is 10.1 Å². The van der Waals surface area contributed by atoms with Crippen LogP contribution in [0.1, 0.15) is 33.6 Å². The maximum atomic E-state index is 12.8. The molecule has 0 unspecified atom stereocenters. The number of para-hydroxylation sites is 1. The molecular formula is C17H27N3O7S. The molecule has 1 rings (SSSR count). The molecule has 1 amide bonds. The number of hydrogen-bond acceptors (Lipinski definition) is 7. The maximum absolute atomic E-state index is 12.8. The Kier molecular flexibility index (Phi) is 8.33. The zero-order valence-corrected chi connectivity index (χ0v) is 17.2. The van der Waals surface area contributed by atoms with Gasteiger partial charge in [0.25, 0.3) is 5.69 Å². The molecule has 11 heteroatoms. The highest BCUT2D eigenvalue weighted by Crippen LogP contribution is 2.27. The highest BCUT2D eigenvalue weighted by Gasteiger charge is 2.32. The largest absolute Gasteiger partial charge is 0.444 e. The second-order valence-corrected chi connectivity index (χ2v) is 9.12. The molecule has 28 heavy (non-hydrogen) atoms. The van der Waals surface area contributed by atoms with Crippen molar-refractivity contribution in [1.82, 2.24) is 9.62 Å². The van der Waals surface area contributed by atoms with E-state index in [2.05, 4.69) is 5.32 Å². The average molecular weight is 417 g/mol. The van der Waals surface area contributed by atoms with Crippen LogP contribution in [-0.4, -0.2) is 60.7 Å². The van der Waals surface area contributed by atoms with E-state index in [9.17, 15) is 28.4 Å². The van der Waals surface area contributed by atoms with E-state index in [0.717, 1.165) is 16.4 Å². The molecular weight excluding hydrogens is 390 g/mol. The Bertz CT molecular complexity index is 790. The molecule has 1 aromatic rings. The van der Waals surface area contributed by atoms with Gasteiger partial charge >= 0.3 is 6.09 Å². The fourth-order valence-corrected chi connectivity index (χ4v) is 3.94. The quantitative estimate of drug-likeness (QED) is 0.355. The van der Waals surface area contributed by atoms with E-state index in [1.807, 2.05) is 0 Å². The predicted octanol–water partition coefficient (Wildman–Crippen LogP) is 1.88. The molecule has 10 nitrogen and oxygen atoms in total. The van der Waals surface area contributed by atoms with Crippen molar-refractivity contribution >= 4 is 21.8 Å². The van der Waals surface area contributed by atoms with Crippen molar-refractivity contribution in [1.29, 1.82) is 0 Å². The average Bonchev–Trinajstić information content (AvgIpc) is 2.59. The molecule has 1 atom stereocenters. The number of ether oxygens (including phenoxy) is 1. The molecule has 0 heterocycles. The number of nitrogens with zero attached hydrogens (tertiary/aromatic N) is 2. The van der Waals surface area contributed by atoms with E-state index < -0.39 is 49.9 Å². The molecule has 0 aromatic heterocycles. The van der Waals surface area contributed by atoms with Crippen molar-refractivity contribution in [2.24, 2.45) is 0 Å². The standard InChI is InChI=1S/C17H27N3O7S/c1-17(2,3)27-16(22)18-11-7-8-13(12-21)19(4)28(25,26)15-10-6-5-9-14(15)20(23)24/h5-6,9-10,13,21H,7-8,11-12H2,1-4H3,(H,18,22)/t13-/m0/s1. The molecule has 0 aliphatic heterocycles. The Hall–Kier alpha value is -2.24. The highest BCUT2D eigenvalue weighted by atomic mass is 32.2. The van der Waals surface area contributed by atoms with Crippen LogP contribution in [0.25, 0.3) is 0 Å². The van der Waals surface area contributed by atoms with Gasteiger partial charge < -0.3 is 15.2 Å². The topological polar surface area (TPSA) is 139 Å². The summed E-state index contributed by atoms with van der Waals surface area (Å²) >= 11 is 0. The first-order valence-corrected chi connectivity index (χ1v) is 10.1. The van der Waals surface area contributed by atoms with Crippen molar-refractivity contribution < 1.29 is 28.0 Å². The van der Waals surface area contributed by atoms with E-state index >= 15 is 0 Å². The minimum absolute atomic E-state index is 0.227. The van der Waals surface area contributed by atoms with Crippen molar-refractivity contribution in [3.63, 3.8) is 0 Å². The van der Waals surface area contributed by atoms with Crippen LogP contribution in [0.3, 0.4) is 0 Å². The van der Waals surface area contributed by atoms with Gasteiger partial charge in [-0.2, -0.15) is 4.31 Å². The molecule has 0 aliphatic rings. The lowest BCUT2D eigenvalue weighted by molar-refractivity contribution is -0.387. The van der Waals surface area contributed by atoms with Gasteiger partial charge in [0, 0.05) is 25.7 Å². The molecule has 0 saturated carbocycles. The number of carbonyl (C=O) groups is 1. The number of nitro groups is 1. The molecule has 0 saturated heterocycles. The first-order chi connectivity index (χ1) is 12.9. The molecule has 2 N–H and O–H groups in total. The Morgan fingerprint density at radius 2 is 1.96 bits per heavy atom. The number of alkyl carbamates (subject to hydrolysis) is 1. The fraction of sp³-hybridized carbons (Fsp3) is 0.588. The zero-order valence-electron chi connectivity index (χ0n) is 16.4. The summed E-state index contributed by atoms with van der Waals surface area (Å²) < 4.78 is 31.6. The van der Waals surface area contributed by atoms with Crippen LogP contribution in [0.2, 0.25) is 0 Å². The number of amides is 1. The first kappa shape index (κ1) is 23.8. The summed E-state index contributed by atoms with van der Waals surface area (Å²) in [7, 11) is -2.93. The number of likely N-dealkylation sites (N-methyl/N-ethyl adjacent to an activating group) is 1. The second kappa shape index (κ2) is 9.80. The third kappa shape index (κ3) is 6.73. The third-order valence-electron chi connectivity index (χ3n) is 3.83. The van der Waals surface area contributed by atoms with Gasteiger partial charge in [0.1, 0.15) is 5.60 Å².